The van der Waals surface area contributed by atoms with Gasteiger partial charge in [-0.2, -0.15) is 0 Å². The average molecular weight is 130 g/mol. The van der Waals surface area contributed by atoms with Crippen LogP contribution < -0.4 is 0 Å². The molecule has 0 aliphatic heterocycles. The summed E-state index contributed by atoms with van der Waals surface area (Å²) in [5, 5.41) is 0. The van der Waals surface area contributed by atoms with Crippen LogP contribution in [0.5, 0.6) is 0 Å². The molecule has 0 fully saturated rings. The number of hydrogen-bond acceptors (Lipinski definition) is 4. The summed E-state index contributed by atoms with van der Waals surface area (Å²) in [4.78, 5) is 29.4. The van der Waals surface area contributed by atoms with E-state index in [9.17, 15) is 14.4 Å². The lowest BCUT2D eigenvalue weighted by molar-refractivity contribution is -0.153. The van der Waals surface area contributed by atoms with E-state index in [2.05, 4.69) is 4.74 Å². The smallest absolute Gasteiger partial charge is 0.371 e. The summed E-state index contributed by atoms with van der Waals surface area (Å²) >= 11 is 0. The first kappa shape index (κ1) is 7.81. The quantitative estimate of drug-likeness (QED) is 0.288. The summed E-state index contributed by atoms with van der Waals surface area (Å²) in [5.74, 6) is -1.02. The van der Waals surface area contributed by atoms with E-state index in [1.54, 1.807) is 0 Å². The van der Waals surface area contributed by atoms with Crippen LogP contribution in [-0.2, 0) is 19.1 Å². The van der Waals surface area contributed by atoms with Crippen molar-refractivity contribution in [3.8, 4) is 0 Å². The fraction of sp³-hybridized carbons (Fsp3) is 0.400. The number of ether oxygens (including phenoxy) is 1. The molecule has 4 nitrogen and oxygen atoms in total. The van der Waals surface area contributed by atoms with Gasteiger partial charge in [0.05, 0.1) is 0 Å². The molecule has 4 heteroatoms. The first-order chi connectivity index (χ1) is 4.20. The van der Waals surface area contributed by atoms with E-state index in [1.807, 2.05) is 0 Å². The average Bonchev–Trinajstić information content (AvgIpc) is 1.87. The van der Waals surface area contributed by atoms with Crippen molar-refractivity contribution < 1.29 is 19.1 Å². The van der Waals surface area contributed by atoms with Gasteiger partial charge in [-0.15, -0.1) is 0 Å². The van der Waals surface area contributed by atoms with Crippen molar-refractivity contribution in [3.63, 3.8) is 0 Å². The molecule has 0 aliphatic carbocycles. The van der Waals surface area contributed by atoms with Crippen LogP contribution in [0, 0.1) is 0 Å². The van der Waals surface area contributed by atoms with E-state index in [1.165, 1.54) is 6.92 Å². The lowest BCUT2D eigenvalue weighted by Crippen LogP contribution is -2.16. The number of esters is 1. The number of hydrogen-bond donors (Lipinski definition) is 0. The van der Waals surface area contributed by atoms with Gasteiger partial charge < -0.3 is 4.74 Å². The van der Waals surface area contributed by atoms with Crippen LogP contribution in [0.25, 0.3) is 0 Å². The fourth-order valence-electron chi connectivity index (χ4n) is 0.239. The third-order valence-corrected chi connectivity index (χ3v) is 0.590. The predicted molar refractivity (Wildman–Crippen MR) is 27.7 cm³/mol. The van der Waals surface area contributed by atoms with Crippen molar-refractivity contribution in [1.29, 1.82) is 0 Å². The SMILES string of the molecule is CC(C=O)OC(=O)C=O. The zero-order valence-corrected chi connectivity index (χ0v) is 4.87. The van der Waals surface area contributed by atoms with Crippen molar-refractivity contribution in [2.45, 2.75) is 13.0 Å². The second-order valence-corrected chi connectivity index (χ2v) is 1.40. The zero-order valence-electron chi connectivity index (χ0n) is 4.87. The largest absolute Gasteiger partial charge is 0.449 e. The Hall–Kier alpha value is -1.19. The van der Waals surface area contributed by atoms with Crippen molar-refractivity contribution in [2.75, 3.05) is 0 Å². The molecule has 0 radical (unpaired) electrons. The van der Waals surface area contributed by atoms with Gasteiger partial charge in [0.2, 0.25) is 6.29 Å². The molecule has 0 spiro atoms. The maximum absolute atomic E-state index is 10.0. The Morgan fingerprint density at radius 2 is 2.11 bits per heavy atom. The van der Waals surface area contributed by atoms with E-state index < -0.39 is 12.1 Å². The third-order valence-electron chi connectivity index (χ3n) is 0.590. The van der Waals surface area contributed by atoms with E-state index in [0.717, 1.165) is 0 Å². The maximum atomic E-state index is 10.0. The molecule has 0 N–H and O–H groups in total. The molecule has 0 rings (SSSR count). The van der Waals surface area contributed by atoms with Gasteiger partial charge in [-0.05, 0) is 6.92 Å². The van der Waals surface area contributed by atoms with Crippen LogP contribution in [0.15, 0.2) is 0 Å². The summed E-state index contributed by atoms with van der Waals surface area (Å²) in [6, 6.07) is 0. The van der Waals surface area contributed by atoms with Gasteiger partial charge in [0.1, 0.15) is 0 Å². The highest BCUT2D eigenvalue weighted by atomic mass is 16.5. The van der Waals surface area contributed by atoms with Gasteiger partial charge in [-0.1, -0.05) is 0 Å². The van der Waals surface area contributed by atoms with Crippen LogP contribution in [0.3, 0.4) is 0 Å². The minimum Gasteiger partial charge on any atom is -0.449 e. The number of carbonyl (C=O) groups excluding carboxylic acids is 3. The monoisotopic (exact) mass is 130 g/mol. The van der Waals surface area contributed by atoms with Crippen molar-refractivity contribution in [1.82, 2.24) is 0 Å². The Morgan fingerprint density at radius 3 is 2.44 bits per heavy atom. The number of rotatable bonds is 3. The third kappa shape index (κ3) is 3.40. The van der Waals surface area contributed by atoms with Crippen LogP contribution >= 0.6 is 0 Å². The van der Waals surface area contributed by atoms with E-state index >= 15 is 0 Å². The molecule has 0 aromatic rings. The zero-order chi connectivity index (χ0) is 7.28. The predicted octanol–water partition coefficient (Wildman–Crippen LogP) is -0.684. The normalized spacial score (nSPS) is 11.7. The second kappa shape index (κ2) is 3.77. The van der Waals surface area contributed by atoms with Crippen LogP contribution in [-0.4, -0.2) is 24.6 Å². The minimum absolute atomic E-state index is 0.0139. The second-order valence-electron chi connectivity index (χ2n) is 1.40. The fourth-order valence-corrected chi connectivity index (χ4v) is 0.239. The van der Waals surface area contributed by atoms with Gasteiger partial charge in [0.15, 0.2) is 12.4 Å². The lowest BCUT2D eigenvalue weighted by Gasteiger charge is -1.99. The Labute approximate surface area is 51.8 Å². The minimum atomic E-state index is -1.02. The van der Waals surface area contributed by atoms with E-state index in [-0.39, 0.29) is 6.29 Å². The molecule has 0 saturated heterocycles. The first-order valence-corrected chi connectivity index (χ1v) is 2.31. The van der Waals surface area contributed by atoms with Gasteiger partial charge in [-0.25, -0.2) is 4.79 Å². The Bertz CT molecular complexity index is 129. The molecule has 0 aromatic carbocycles. The summed E-state index contributed by atoms with van der Waals surface area (Å²) in [7, 11) is 0. The lowest BCUT2D eigenvalue weighted by atomic mass is 10.5. The summed E-state index contributed by atoms with van der Waals surface area (Å²) in [5.41, 5.74) is 0. The molecule has 0 aliphatic rings. The highest BCUT2D eigenvalue weighted by Crippen LogP contribution is 1.83. The molecule has 0 heterocycles. The van der Waals surface area contributed by atoms with Crippen molar-refractivity contribution in [3.05, 3.63) is 0 Å². The summed E-state index contributed by atoms with van der Waals surface area (Å²) in [6.07, 6.45) is -0.385. The van der Waals surface area contributed by atoms with E-state index in [0.29, 0.717) is 6.29 Å². The van der Waals surface area contributed by atoms with Crippen LogP contribution in [0.4, 0.5) is 0 Å². The topological polar surface area (TPSA) is 60.4 Å². The van der Waals surface area contributed by atoms with Gasteiger partial charge in [0.25, 0.3) is 0 Å². The molecule has 0 amide bonds. The van der Waals surface area contributed by atoms with Crippen molar-refractivity contribution >= 4 is 18.5 Å². The molecule has 1 unspecified atom stereocenters. The summed E-state index contributed by atoms with van der Waals surface area (Å²) in [6.45, 7) is 1.37. The number of aldehydes is 2. The van der Waals surface area contributed by atoms with Gasteiger partial charge in [0, 0.05) is 0 Å². The molecule has 9 heavy (non-hydrogen) atoms. The van der Waals surface area contributed by atoms with Gasteiger partial charge in [-0.3, -0.25) is 9.59 Å². The Kier molecular flexibility index (Phi) is 3.27. The molecular formula is C5H6O4. The Morgan fingerprint density at radius 1 is 1.56 bits per heavy atom. The molecule has 1 atom stereocenters. The molecule has 50 valence electrons. The van der Waals surface area contributed by atoms with Gasteiger partial charge >= 0.3 is 5.97 Å². The first-order valence-electron chi connectivity index (χ1n) is 2.31. The molecular weight excluding hydrogens is 124 g/mol. The highest BCUT2D eigenvalue weighted by molar-refractivity contribution is 6.20. The number of carbonyl (C=O) groups is 3. The standard InChI is InChI=1S/C5H6O4/c1-4(2-6)9-5(8)3-7/h2-4H,1H3. The molecule has 0 saturated carbocycles. The van der Waals surface area contributed by atoms with Crippen LogP contribution in [0.1, 0.15) is 6.92 Å². The molecule has 0 bridgehead atoms. The van der Waals surface area contributed by atoms with Crippen molar-refractivity contribution in [2.24, 2.45) is 0 Å². The highest BCUT2D eigenvalue weighted by Gasteiger charge is 2.04. The maximum Gasteiger partial charge on any atom is 0.371 e. The van der Waals surface area contributed by atoms with Crippen LogP contribution in [0.2, 0.25) is 0 Å². The Balaban J connectivity index is 3.58. The molecule has 0 aromatic heterocycles. The van der Waals surface area contributed by atoms with E-state index in [4.69, 9.17) is 0 Å². The summed E-state index contributed by atoms with van der Waals surface area (Å²) < 4.78 is 4.17.